The Morgan fingerprint density at radius 3 is 2.33 bits per heavy atom. The third-order valence-electron chi connectivity index (χ3n) is 5.41. The van der Waals surface area contributed by atoms with Crippen LogP contribution in [-0.2, 0) is 0 Å². The molecule has 0 spiro atoms. The first-order valence-corrected chi connectivity index (χ1v) is 8.08. The smallest absolute Gasteiger partial charge is 0.00502 e. The molecule has 2 heteroatoms. The molecule has 18 heavy (non-hydrogen) atoms. The van der Waals surface area contributed by atoms with Gasteiger partial charge in [0.1, 0.15) is 0 Å². The quantitative estimate of drug-likeness (QED) is 0.778. The first-order chi connectivity index (χ1) is 8.65. The van der Waals surface area contributed by atoms with Gasteiger partial charge in [-0.15, -0.1) is 0 Å². The summed E-state index contributed by atoms with van der Waals surface area (Å²) in [6.45, 7) is 9.55. The number of nitrogens with two attached hydrogens (primary N) is 1. The molecule has 2 N–H and O–H groups in total. The molecular formula is C16H32N2. The summed E-state index contributed by atoms with van der Waals surface area (Å²) in [7, 11) is 0. The number of hydrogen-bond acceptors (Lipinski definition) is 2. The summed E-state index contributed by atoms with van der Waals surface area (Å²) < 4.78 is 0. The first-order valence-electron chi connectivity index (χ1n) is 8.08. The minimum Gasteiger partial charge on any atom is -0.330 e. The number of nitrogens with zero attached hydrogens (tertiary/aromatic N) is 1. The summed E-state index contributed by atoms with van der Waals surface area (Å²) in [6, 6.07) is 0. The van der Waals surface area contributed by atoms with E-state index in [2.05, 4.69) is 18.7 Å². The molecule has 0 amide bonds. The van der Waals surface area contributed by atoms with Gasteiger partial charge in [0, 0.05) is 13.1 Å². The molecule has 0 aromatic rings. The van der Waals surface area contributed by atoms with Crippen LogP contribution in [-0.4, -0.2) is 31.1 Å². The molecule has 2 fully saturated rings. The van der Waals surface area contributed by atoms with Gasteiger partial charge in [0.15, 0.2) is 0 Å². The van der Waals surface area contributed by atoms with Crippen molar-refractivity contribution in [3.8, 4) is 0 Å². The number of hydrogen-bond donors (Lipinski definition) is 1. The first kappa shape index (κ1) is 14.3. The van der Waals surface area contributed by atoms with Gasteiger partial charge in [-0.1, -0.05) is 39.5 Å². The van der Waals surface area contributed by atoms with E-state index in [9.17, 15) is 0 Å². The third kappa shape index (κ3) is 3.48. The Hall–Kier alpha value is -0.0800. The molecule has 0 bridgehead atoms. The second-order valence-corrected chi connectivity index (χ2v) is 7.15. The van der Waals surface area contributed by atoms with E-state index in [1.165, 1.54) is 64.6 Å². The lowest BCUT2D eigenvalue weighted by molar-refractivity contribution is 0.151. The number of rotatable bonds is 4. The largest absolute Gasteiger partial charge is 0.330 e. The summed E-state index contributed by atoms with van der Waals surface area (Å²) >= 11 is 0. The van der Waals surface area contributed by atoms with Crippen LogP contribution in [0.25, 0.3) is 0 Å². The van der Waals surface area contributed by atoms with Gasteiger partial charge in [0.05, 0.1) is 0 Å². The van der Waals surface area contributed by atoms with Gasteiger partial charge in [-0.05, 0) is 49.6 Å². The lowest BCUT2D eigenvalue weighted by atomic mass is 9.80. The van der Waals surface area contributed by atoms with Crippen molar-refractivity contribution < 1.29 is 0 Å². The molecule has 106 valence electrons. The standard InChI is InChI=1S/C16H32N2/c1-14(2)15-7-10-18(11-15)13-16(12-17)8-5-3-4-6-9-16/h14-15H,3-13,17H2,1-2H3. The maximum atomic E-state index is 6.15. The summed E-state index contributed by atoms with van der Waals surface area (Å²) in [5, 5.41) is 0. The fourth-order valence-electron chi connectivity index (χ4n) is 3.93. The summed E-state index contributed by atoms with van der Waals surface area (Å²) in [4.78, 5) is 2.71. The van der Waals surface area contributed by atoms with Gasteiger partial charge < -0.3 is 10.6 Å². The molecule has 1 aliphatic heterocycles. The van der Waals surface area contributed by atoms with E-state index >= 15 is 0 Å². The Morgan fingerprint density at radius 2 is 1.83 bits per heavy atom. The molecule has 1 aliphatic carbocycles. The van der Waals surface area contributed by atoms with Crippen molar-refractivity contribution in [2.45, 2.75) is 58.8 Å². The van der Waals surface area contributed by atoms with Crippen molar-refractivity contribution in [2.75, 3.05) is 26.2 Å². The Morgan fingerprint density at radius 1 is 1.17 bits per heavy atom. The van der Waals surface area contributed by atoms with Gasteiger partial charge in [0.25, 0.3) is 0 Å². The van der Waals surface area contributed by atoms with Crippen LogP contribution in [0.1, 0.15) is 58.8 Å². The molecule has 2 rings (SSSR count). The molecule has 2 aliphatic rings. The topological polar surface area (TPSA) is 29.3 Å². The van der Waals surface area contributed by atoms with Gasteiger partial charge in [-0.25, -0.2) is 0 Å². The number of likely N-dealkylation sites (tertiary alicyclic amines) is 1. The Labute approximate surface area is 113 Å². The minimum absolute atomic E-state index is 0.447. The van der Waals surface area contributed by atoms with Crippen LogP contribution in [0.2, 0.25) is 0 Å². The summed E-state index contributed by atoms with van der Waals surface area (Å²) in [6.07, 6.45) is 9.79. The molecule has 1 unspecified atom stereocenters. The molecule has 0 aromatic carbocycles. The zero-order chi connectivity index (χ0) is 13.0. The second-order valence-electron chi connectivity index (χ2n) is 7.15. The molecule has 1 atom stereocenters. The maximum Gasteiger partial charge on any atom is 0.00502 e. The van der Waals surface area contributed by atoms with Crippen molar-refractivity contribution in [2.24, 2.45) is 23.0 Å². The van der Waals surface area contributed by atoms with Crippen molar-refractivity contribution in [1.29, 1.82) is 0 Å². The molecule has 1 saturated heterocycles. The zero-order valence-corrected chi connectivity index (χ0v) is 12.5. The zero-order valence-electron chi connectivity index (χ0n) is 12.5. The van der Waals surface area contributed by atoms with Crippen LogP contribution in [0.4, 0.5) is 0 Å². The molecule has 1 heterocycles. The molecule has 0 aromatic heterocycles. The Bertz CT molecular complexity index is 241. The second kappa shape index (κ2) is 6.38. The van der Waals surface area contributed by atoms with Crippen LogP contribution >= 0.6 is 0 Å². The predicted octanol–water partition coefficient (Wildman–Crippen LogP) is 3.26. The SMILES string of the molecule is CC(C)C1CCN(CC2(CN)CCCCCC2)C1. The summed E-state index contributed by atoms with van der Waals surface area (Å²) in [5.41, 5.74) is 6.60. The highest BCUT2D eigenvalue weighted by atomic mass is 15.2. The highest BCUT2D eigenvalue weighted by Crippen LogP contribution is 2.36. The monoisotopic (exact) mass is 252 g/mol. The van der Waals surface area contributed by atoms with E-state index in [1.54, 1.807) is 0 Å². The van der Waals surface area contributed by atoms with Crippen molar-refractivity contribution >= 4 is 0 Å². The van der Waals surface area contributed by atoms with Crippen LogP contribution in [0.5, 0.6) is 0 Å². The normalized spacial score (nSPS) is 29.7. The van der Waals surface area contributed by atoms with E-state index in [0.717, 1.165) is 18.4 Å². The van der Waals surface area contributed by atoms with Gasteiger partial charge in [0.2, 0.25) is 0 Å². The Balaban J connectivity index is 1.90. The highest BCUT2D eigenvalue weighted by molar-refractivity contribution is 4.88. The third-order valence-corrected chi connectivity index (χ3v) is 5.41. The minimum atomic E-state index is 0.447. The Kier molecular flexibility index (Phi) is 5.08. The van der Waals surface area contributed by atoms with Gasteiger partial charge in [-0.3, -0.25) is 0 Å². The molecule has 0 radical (unpaired) electrons. The van der Waals surface area contributed by atoms with E-state index in [-0.39, 0.29) is 0 Å². The van der Waals surface area contributed by atoms with Crippen molar-refractivity contribution in [1.82, 2.24) is 4.90 Å². The molecular weight excluding hydrogens is 220 g/mol. The van der Waals surface area contributed by atoms with E-state index in [4.69, 9.17) is 5.73 Å². The average Bonchev–Trinajstić information content (AvgIpc) is 2.69. The maximum absolute atomic E-state index is 6.15. The fourth-order valence-corrected chi connectivity index (χ4v) is 3.93. The lowest BCUT2D eigenvalue weighted by Gasteiger charge is -2.35. The van der Waals surface area contributed by atoms with Crippen LogP contribution < -0.4 is 5.73 Å². The van der Waals surface area contributed by atoms with Crippen LogP contribution in [0, 0.1) is 17.3 Å². The van der Waals surface area contributed by atoms with Gasteiger partial charge in [-0.2, -0.15) is 0 Å². The van der Waals surface area contributed by atoms with Crippen LogP contribution in [0.3, 0.4) is 0 Å². The molecule has 2 nitrogen and oxygen atoms in total. The highest BCUT2D eigenvalue weighted by Gasteiger charge is 2.34. The lowest BCUT2D eigenvalue weighted by Crippen LogP contribution is -2.41. The molecule has 1 saturated carbocycles. The van der Waals surface area contributed by atoms with E-state index < -0.39 is 0 Å². The average molecular weight is 252 g/mol. The van der Waals surface area contributed by atoms with Crippen molar-refractivity contribution in [3.05, 3.63) is 0 Å². The predicted molar refractivity (Wildman–Crippen MR) is 78.6 cm³/mol. The van der Waals surface area contributed by atoms with E-state index in [0.29, 0.717) is 5.41 Å². The summed E-state index contributed by atoms with van der Waals surface area (Å²) in [5.74, 6) is 1.77. The van der Waals surface area contributed by atoms with Crippen molar-refractivity contribution in [3.63, 3.8) is 0 Å². The van der Waals surface area contributed by atoms with Gasteiger partial charge >= 0.3 is 0 Å². The fraction of sp³-hybridized carbons (Fsp3) is 1.00. The van der Waals surface area contributed by atoms with E-state index in [1.807, 2.05) is 0 Å². The van der Waals surface area contributed by atoms with Crippen LogP contribution in [0.15, 0.2) is 0 Å².